The fraction of sp³-hybridized carbons (Fsp3) is 0.167. The molecule has 5 heteroatoms. The molecular formula is C12H13N3O2. The summed E-state index contributed by atoms with van der Waals surface area (Å²) < 4.78 is 1.62. The van der Waals surface area contributed by atoms with Crippen LogP contribution in [0.1, 0.15) is 11.6 Å². The lowest BCUT2D eigenvalue weighted by atomic mass is 10.1. The van der Waals surface area contributed by atoms with Gasteiger partial charge in [-0.2, -0.15) is 5.10 Å². The maximum atomic E-state index is 11.2. The fourth-order valence-corrected chi connectivity index (χ4v) is 1.57. The molecule has 0 aliphatic heterocycles. The summed E-state index contributed by atoms with van der Waals surface area (Å²) >= 11 is 0. The summed E-state index contributed by atoms with van der Waals surface area (Å²) in [5.74, 6) is -0.384. The molecule has 2 rings (SSSR count). The van der Waals surface area contributed by atoms with Gasteiger partial charge in [0.1, 0.15) is 5.82 Å². The maximum Gasteiger partial charge on any atom is 0.330 e. The molecule has 0 saturated heterocycles. The Kier molecular flexibility index (Phi) is 3.09. The summed E-state index contributed by atoms with van der Waals surface area (Å²) in [5, 5.41) is 16.2. The third kappa shape index (κ3) is 2.63. The van der Waals surface area contributed by atoms with Crippen LogP contribution in [0.2, 0.25) is 0 Å². The van der Waals surface area contributed by atoms with Crippen molar-refractivity contribution in [3.63, 3.8) is 0 Å². The van der Waals surface area contributed by atoms with E-state index in [9.17, 15) is 9.90 Å². The van der Waals surface area contributed by atoms with Gasteiger partial charge in [0.2, 0.25) is 0 Å². The van der Waals surface area contributed by atoms with Crippen molar-refractivity contribution in [1.82, 2.24) is 9.78 Å². The molecule has 5 nitrogen and oxygen atoms in total. The fourth-order valence-electron chi connectivity index (χ4n) is 1.57. The molecule has 0 amide bonds. The molecule has 1 atom stereocenters. The Labute approximate surface area is 98.7 Å². The lowest BCUT2D eigenvalue weighted by Gasteiger charge is -2.13. The van der Waals surface area contributed by atoms with Crippen molar-refractivity contribution in [1.29, 1.82) is 0 Å². The number of hydrogen-bond donors (Lipinski definition) is 2. The Hall–Kier alpha value is -2.30. The Morgan fingerprint density at radius 1 is 1.35 bits per heavy atom. The van der Waals surface area contributed by atoms with E-state index in [4.69, 9.17) is 0 Å². The number of aryl methyl sites for hydroxylation is 1. The highest BCUT2D eigenvalue weighted by atomic mass is 16.4. The number of rotatable bonds is 4. The first-order valence-electron chi connectivity index (χ1n) is 5.21. The minimum atomic E-state index is -0.929. The highest BCUT2D eigenvalue weighted by molar-refractivity contribution is 5.78. The van der Waals surface area contributed by atoms with Gasteiger partial charge in [-0.15, -0.1) is 0 Å². The molecule has 1 aromatic heterocycles. The molecule has 0 radical (unpaired) electrons. The van der Waals surface area contributed by atoms with E-state index in [-0.39, 0.29) is 0 Å². The molecule has 1 aromatic carbocycles. The third-order valence-electron chi connectivity index (χ3n) is 2.39. The van der Waals surface area contributed by atoms with Crippen molar-refractivity contribution in [3.05, 3.63) is 48.2 Å². The van der Waals surface area contributed by atoms with Gasteiger partial charge in [0, 0.05) is 19.3 Å². The number of hydrogen-bond acceptors (Lipinski definition) is 3. The molecule has 1 unspecified atom stereocenters. The first kappa shape index (κ1) is 11.2. The molecule has 0 fully saturated rings. The summed E-state index contributed by atoms with van der Waals surface area (Å²) in [4.78, 5) is 11.2. The number of aromatic nitrogens is 2. The number of benzene rings is 1. The second-order valence-corrected chi connectivity index (χ2v) is 3.70. The number of carbonyl (C=O) groups is 1. The Balaban J connectivity index is 2.22. The van der Waals surface area contributed by atoms with E-state index < -0.39 is 12.0 Å². The first-order chi connectivity index (χ1) is 8.16. The van der Waals surface area contributed by atoms with Crippen LogP contribution in [-0.4, -0.2) is 20.9 Å². The number of nitrogens with zero attached hydrogens (tertiary/aromatic N) is 2. The van der Waals surface area contributed by atoms with E-state index in [0.717, 1.165) is 0 Å². The van der Waals surface area contributed by atoms with Crippen LogP contribution in [0.3, 0.4) is 0 Å². The molecule has 0 aliphatic rings. The second-order valence-electron chi connectivity index (χ2n) is 3.70. The van der Waals surface area contributed by atoms with Gasteiger partial charge in [-0.1, -0.05) is 30.3 Å². The Bertz CT molecular complexity index is 507. The second kappa shape index (κ2) is 4.69. The summed E-state index contributed by atoms with van der Waals surface area (Å²) in [6.07, 6.45) is 1.76. The zero-order valence-electron chi connectivity index (χ0n) is 9.37. The van der Waals surface area contributed by atoms with Crippen LogP contribution in [0.25, 0.3) is 0 Å². The van der Waals surface area contributed by atoms with E-state index in [1.165, 1.54) is 0 Å². The number of aliphatic carboxylic acids is 1. The van der Waals surface area contributed by atoms with Crippen molar-refractivity contribution < 1.29 is 9.90 Å². The Morgan fingerprint density at radius 2 is 2.06 bits per heavy atom. The van der Waals surface area contributed by atoms with E-state index in [2.05, 4.69) is 10.4 Å². The lowest BCUT2D eigenvalue weighted by molar-refractivity contribution is -0.138. The van der Waals surface area contributed by atoms with E-state index in [1.807, 2.05) is 18.2 Å². The van der Waals surface area contributed by atoms with E-state index >= 15 is 0 Å². The minimum Gasteiger partial charge on any atom is -0.479 e. The summed E-state index contributed by atoms with van der Waals surface area (Å²) in [5.41, 5.74) is 0.700. The average Bonchev–Trinajstić information content (AvgIpc) is 2.73. The maximum absolute atomic E-state index is 11.2. The van der Waals surface area contributed by atoms with Crippen LogP contribution in [0.15, 0.2) is 42.6 Å². The van der Waals surface area contributed by atoms with Gasteiger partial charge >= 0.3 is 5.97 Å². The molecule has 2 aromatic rings. The van der Waals surface area contributed by atoms with Crippen molar-refractivity contribution in [2.45, 2.75) is 6.04 Å². The van der Waals surface area contributed by atoms with Gasteiger partial charge in [-0.05, 0) is 5.56 Å². The van der Waals surface area contributed by atoms with Gasteiger partial charge in [-0.25, -0.2) is 4.79 Å². The van der Waals surface area contributed by atoms with Crippen LogP contribution in [-0.2, 0) is 11.8 Å². The van der Waals surface area contributed by atoms with Crippen LogP contribution >= 0.6 is 0 Å². The standard InChI is InChI=1S/C12H13N3O2/c1-15-8-7-10(14-15)13-11(12(16)17)9-5-3-2-4-6-9/h2-8,11H,1H3,(H,13,14)(H,16,17). The number of carboxylic acid groups (broad SMARTS) is 1. The van der Waals surface area contributed by atoms with Gasteiger partial charge in [0.25, 0.3) is 0 Å². The predicted octanol–water partition coefficient (Wildman–Crippen LogP) is 1.66. The van der Waals surface area contributed by atoms with Crippen LogP contribution in [0, 0.1) is 0 Å². The lowest BCUT2D eigenvalue weighted by Crippen LogP contribution is -2.20. The number of carboxylic acids is 1. The van der Waals surface area contributed by atoms with Crippen LogP contribution in [0.5, 0.6) is 0 Å². The molecule has 88 valence electrons. The van der Waals surface area contributed by atoms with Crippen molar-refractivity contribution in [2.75, 3.05) is 5.32 Å². The number of nitrogens with one attached hydrogen (secondary N) is 1. The largest absolute Gasteiger partial charge is 0.479 e. The first-order valence-corrected chi connectivity index (χ1v) is 5.21. The molecule has 1 heterocycles. The topological polar surface area (TPSA) is 67.2 Å². The molecule has 0 saturated carbocycles. The molecule has 0 aliphatic carbocycles. The molecular weight excluding hydrogens is 218 g/mol. The van der Waals surface area contributed by atoms with Gasteiger partial charge < -0.3 is 10.4 Å². The van der Waals surface area contributed by atoms with E-state index in [0.29, 0.717) is 11.4 Å². The van der Waals surface area contributed by atoms with E-state index in [1.54, 1.807) is 36.1 Å². The molecule has 0 bridgehead atoms. The highest BCUT2D eigenvalue weighted by Gasteiger charge is 2.19. The van der Waals surface area contributed by atoms with Gasteiger partial charge in [0.15, 0.2) is 6.04 Å². The smallest absolute Gasteiger partial charge is 0.330 e. The summed E-state index contributed by atoms with van der Waals surface area (Å²) in [6.45, 7) is 0. The van der Waals surface area contributed by atoms with Crippen molar-refractivity contribution >= 4 is 11.8 Å². The SMILES string of the molecule is Cn1ccc(NC(C(=O)O)c2ccccc2)n1. The number of anilines is 1. The molecule has 17 heavy (non-hydrogen) atoms. The van der Waals surface area contributed by atoms with Crippen LogP contribution < -0.4 is 5.32 Å². The summed E-state index contributed by atoms with van der Waals surface area (Å²) in [7, 11) is 1.78. The van der Waals surface area contributed by atoms with Crippen molar-refractivity contribution in [3.8, 4) is 0 Å². The molecule has 0 spiro atoms. The molecule has 2 N–H and O–H groups in total. The quantitative estimate of drug-likeness (QED) is 0.839. The highest BCUT2D eigenvalue weighted by Crippen LogP contribution is 2.18. The van der Waals surface area contributed by atoms with Crippen LogP contribution in [0.4, 0.5) is 5.82 Å². The van der Waals surface area contributed by atoms with Gasteiger partial charge in [0.05, 0.1) is 0 Å². The zero-order valence-corrected chi connectivity index (χ0v) is 9.37. The predicted molar refractivity (Wildman–Crippen MR) is 63.6 cm³/mol. The van der Waals surface area contributed by atoms with Crippen molar-refractivity contribution in [2.24, 2.45) is 7.05 Å². The van der Waals surface area contributed by atoms with Gasteiger partial charge in [-0.3, -0.25) is 4.68 Å². The monoisotopic (exact) mass is 231 g/mol. The normalized spacial score (nSPS) is 12.1. The summed E-state index contributed by atoms with van der Waals surface area (Å²) in [6, 6.07) is 9.97. The third-order valence-corrected chi connectivity index (χ3v) is 2.39. The average molecular weight is 231 g/mol. The zero-order chi connectivity index (χ0) is 12.3. The Morgan fingerprint density at radius 3 is 2.59 bits per heavy atom. The minimum absolute atomic E-state index is 0.545.